The number of nitrogens with two attached hydrogens (primary N) is 1. The molecule has 1 fully saturated rings. The van der Waals surface area contributed by atoms with Gasteiger partial charge in [0, 0.05) is 5.69 Å². The monoisotopic (exact) mass is 237 g/mol. The van der Waals surface area contributed by atoms with Crippen molar-refractivity contribution in [1.29, 1.82) is 0 Å². The van der Waals surface area contributed by atoms with E-state index in [4.69, 9.17) is 5.73 Å². The van der Waals surface area contributed by atoms with Crippen LogP contribution in [-0.4, -0.2) is 24.5 Å². The summed E-state index contributed by atoms with van der Waals surface area (Å²) in [6.45, 7) is 1.49. The molecule has 1 aliphatic rings. The van der Waals surface area contributed by atoms with Gasteiger partial charge in [-0.05, 0) is 50.2 Å². The third kappa shape index (κ3) is 2.55. The fourth-order valence-electron chi connectivity index (χ4n) is 2.10. The fourth-order valence-corrected chi connectivity index (χ4v) is 2.10. The van der Waals surface area contributed by atoms with Crippen molar-refractivity contribution >= 4 is 11.6 Å². The first-order valence-electron chi connectivity index (χ1n) is 5.67. The van der Waals surface area contributed by atoms with Crippen molar-refractivity contribution in [3.05, 3.63) is 30.1 Å². The zero-order valence-corrected chi connectivity index (χ0v) is 9.50. The molecule has 5 heteroatoms. The van der Waals surface area contributed by atoms with E-state index in [9.17, 15) is 9.18 Å². The normalized spacial score (nSPS) is 18.6. The third-order valence-electron chi connectivity index (χ3n) is 3.16. The molecule has 17 heavy (non-hydrogen) atoms. The van der Waals surface area contributed by atoms with Crippen molar-refractivity contribution in [2.45, 2.75) is 18.4 Å². The lowest BCUT2D eigenvalue weighted by Gasteiger charge is -2.36. The van der Waals surface area contributed by atoms with Crippen molar-refractivity contribution in [2.75, 3.05) is 18.4 Å². The van der Waals surface area contributed by atoms with Crippen molar-refractivity contribution in [3.63, 3.8) is 0 Å². The molecule has 0 saturated carbocycles. The zero-order chi connectivity index (χ0) is 12.3. The lowest BCUT2D eigenvalue weighted by Crippen LogP contribution is -2.56. The quantitative estimate of drug-likeness (QED) is 0.730. The van der Waals surface area contributed by atoms with Crippen molar-refractivity contribution in [3.8, 4) is 0 Å². The van der Waals surface area contributed by atoms with Crippen LogP contribution in [0.3, 0.4) is 0 Å². The summed E-state index contributed by atoms with van der Waals surface area (Å²) >= 11 is 0. The summed E-state index contributed by atoms with van der Waals surface area (Å²) in [6.07, 6.45) is 1.28. The number of carbonyl (C=O) groups is 1. The highest BCUT2D eigenvalue weighted by Gasteiger charge is 2.37. The Balaban J connectivity index is 2.17. The number of primary amides is 1. The molecule has 4 nitrogen and oxygen atoms in total. The number of anilines is 1. The minimum absolute atomic E-state index is 0.297. The van der Waals surface area contributed by atoms with Crippen LogP contribution in [0.25, 0.3) is 0 Å². The summed E-state index contributed by atoms with van der Waals surface area (Å²) in [6, 6.07) is 5.94. The summed E-state index contributed by atoms with van der Waals surface area (Å²) in [5.41, 5.74) is 5.47. The maximum absolute atomic E-state index is 12.8. The Labute approximate surface area is 99.4 Å². The zero-order valence-electron chi connectivity index (χ0n) is 9.50. The number of hydrogen-bond donors (Lipinski definition) is 3. The summed E-state index contributed by atoms with van der Waals surface area (Å²) < 4.78 is 12.8. The standard InChI is InChI=1S/C12H16FN3O/c13-9-1-3-10(4-2-9)16-12(11(14)17)5-7-15-8-6-12/h1-4,15-16H,5-8H2,(H2,14,17). The van der Waals surface area contributed by atoms with Gasteiger partial charge in [0.1, 0.15) is 11.4 Å². The van der Waals surface area contributed by atoms with E-state index < -0.39 is 5.54 Å². The lowest BCUT2D eigenvalue weighted by molar-refractivity contribution is -0.123. The molecule has 1 heterocycles. The Morgan fingerprint density at radius 2 is 1.88 bits per heavy atom. The number of rotatable bonds is 3. The molecule has 1 aromatic carbocycles. The number of nitrogens with one attached hydrogen (secondary N) is 2. The Kier molecular flexibility index (Phi) is 3.28. The maximum Gasteiger partial charge on any atom is 0.243 e. The smallest absolute Gasteiger partial charge is 0.243 e. The van der Waals surface area contributed by atoms with Crippen molar-refractivity contribution in [2.24, 2.45) is 5.73 Å². The fraction of sp³-hybridized carbons (Fsp3) is 0.417. The molecule has 0 unspecified atom stereocenters. The molecular weight excluding hydrogens is 221 g/mol. The van der Waals surface area contributed by atoms with Crippen molar-refractivity contribution < 1.29 is 9.18 Å². The molecule has 1 aliphatic heterocycles. The molecule has 0 bridgehead atoms. The average Bonchev–Trinajstić information content (AvgIpc) is 2.33. The van der Waals surface area contributed by atoms with E-state index >= 15 is 0 Å². The third-order valence-corrected chi connectivity index (χ3v) is 3.16. The molecule has 1 amide bonds. The Hall–Kier alpha value is -1.62. The minimum atomic E-state index is -0.719. The van der Waals surface area contributed by atoms with Crippen LogP contribution in [0, 0.1) is 5.82 Å². The van der Waals surface area contributed by atoms with Crippen LogP contribution >= 0.6 is 0 Å². The number of hydrogen-bond acceptors (Lipinski definition) is 3. The molecule has 1 aromatic rings. The van der Waals surface area contributed by atoms with Gasteiger partial charge in [0.05, 0.1) is 0 Å². The van der Waals surface area contributed by atoms with Crippen LogP contribution in [0.2, 0.25) is 0 Å². The maximum atomic E-state index is 12.8. The van der Waals surface area contributed by atoms with E-state index in [-0.39, 0.29) is 11.7 Å². The van der Waals surface area contributed by atoms with Gasteiger partial charge >= 0.3 is 0 Å². The molecular formula is C12H16FN3O. The van der Waals surface area contributed by atoms with E-state index in [2.05, 4.69) is 10.6 Å². The number of halogens is 1. The first-order chi connectivity index (χ1) is 8.12. The van der Waals surface area contributed by atoms with Crippen LogP contribution < -0.4 is 16.4 Å². The predicted octanol–water partition coefficient (Wildman–Crippen LogP) is 0.845. The molecule has 0 atom stereocenters. The predicted molar refractivity (Wildman–Crippen MR) is 64.1 cm³/mol. The van der Waals surface area contributed by atoms with E-state index in [0.717, 1.165) is 13.1 Å². The average molecular weight is 237 g/mol. The van der Waals surface area contributed by atoms with Crippen LogP contribution in [-0.2, 0) is 4.79 Å². The van der Waals surface area contributed by atoms with E-state index in [1.807, 2.05) is 0 Å². The van der Waals surface area contributed by atoms with Crippen LogP contribution in [0.4, 0.5) is 10.1 Å². The van der Waals surface area contributed by atoms with Gasteiger partial charge in [0.2, 0.25) is 5.91 Å². The summed E-state index contributed by atoms with van der Waals surface area (Å²) in [5, 5.41) is 6.32. The summed E-state index contributed by atoms with van der Waals surface area (Å²) in [4.78, 5) is 11.6. The van der Waals surface area contributed by atoms with Crippen LogP contribution in [0.15, 0.2) is 24.3 Å². The first-order valence-corrected chi connectivity index (χ1v) is 5.67. The van der Waals surface area contributed by atoms with Gasteiger partial charge in [-0.15, -0.1) is 0 Å². The molecule has 1 saturated heterocycles. The van der Waals surface area contributed by atoms with Crippen LogP contribution in [0.1, 0.15) is 12.8 Å². The first kappa shape index (κ1) is 11.9. The van der Waals surface area contributed by atoms with Gasteiger partial charge in [-0.2, -0.15) is 0 Å². The van der Waals surface area contributed by atoms with Gasteiger partial charge in [0.15, 0.2) is 0 Å². The largest absolute Gasteiger partial charge is 0.371 e. The van der Waals surface area contributed by atoms with Crippen LogP contribution in [0.5, 0.6) is 0 Å². The molecule has 0 aromatic heterocycles. The highest BCUT2D eigenvalue weighted by Crippen LogP contribution is 2.24. The van der Waals surface area contributed by atoms with Gasteiger partial charge in [-0.1, -0.05) is 0 Å². The van der Waals surface area contributed by atoms with Gasteiger partial charge in [-0.25, -0.2) is 4.39 Å². The van der Waals surface area contributed by atoms with E-state index in [1.165, 1.54) is 12.1 Å². The second-order valence-corrected chi connectivity index (χ2v) is 4.33. The van der Waals surface area contributed by atoms with E-state index in [0.29, 0.717) is 18.5 Å². The summed E-state index contributed by atoms with van der Waals surface area (Å²) in [5.74, 6) is -0.655. The number of piperidine rings is 1. The highest BCUT2D eigenvalue weighted by molar-refractivity contribution is 5.88. The number of amides is 1. The topological polar surface area (TPSA) is 67.2 Å². The highest BCUT2D eigenvalue weighted by atomic mass is 19.1. The van der Waals surface area contributed by atoms with E-state index in [1.54, 1.807) is 12.1 Å². The molecule has 2 rings (SSSR count). The number of carbonyl (C=O) groups excluding carboxylic acids is 1. The Bertz CT molecular complexity index is 399. The second-order valence-electron chi connectivity index (χ2n) is 4.33. The Morgan fingerprint density at radius 3 is 2.41 bits per heavy atom. The Morgan fingerprint density at radius 1 is 1.29 bits per heavy atom. The van der Waals surface area contributed by atoms with Crippen molar-refractivity contribution in [1.82, 2.24) is 5.32 Å². The lowest BCUT2D eigenvalue weighted by atomic mass is 9.87. The van der Waals surface area contributed by atoms with Gasteiger partial charge < -0.3 is 16.4 Å². The number of benzene rings is 1. The molecule has 92 valence electrons. The molecule has 0 radical (unpaired) electrons. The summed E-state index contributed by atoms with van der Waals surface area (Å²) in [7, 11) is 0. The minimum Gasteiger partial charge on any atom is -0.371 e. The molecule has 0 spiro atoms. The van der Waals surface area contributed by atoms with Gasteiger partial charge in [-0.3, -0.25) is 4.79 Å². The molecule has 0 aliphatic carbocycles. The SMILES string of the molecule is NC(=O)C1(Nc2ccc(F)cc2)CCNCC1. The van der Waals surface area contributed by atoms with Gasteiger partial charge in [0.25, 0.3) is 0 Å². The second kappa shape index (κ2) is 4.71. The molecule has 4 N–H and O–H groups in total.